The Hall–Kier alpha value is -6.86. The fourth-order valence-electron chi connectivity index (χ4n) is 9.05. The maximum absolute atomic E-state index is 12.4. The summed E-state index contributed by atoms with van der Waals surface area (Å²) in [6, 6.07) is 44.7. The molecule has 78 heavy (non-hydrogen) atoms. The van der Waals surface area contributed by atoms with Crippen molar-refractivity contribution in [2.75, 3.05) is 0 Å². The van der Waals surface area contributed by atoms with Crippen molar-refractivity contribution in [3.05, 3.63) is 222 Å². The monoisotopic (exact) mass is 1100 g/mol. The van der Waals surface area contributed by atoms with Crippen LogP contribution in [0.1, 0.15) is 94.1 Å². The van der Waals surface area contributed by atoms with Gasteiger partial charge in [0.05, 0.1) is 56.1 Å². The summed E-state index contributed by atoms with van der Waals surface area (Å²) in [5.41, 5.74) is 10.5. The molecule has 0 bridgehead atoms. The number of carboxylic acids is 2. The van der Waals surface area contributed by atoms with Gasteiger partial charge in [-0.2, -0.15) is 30.5 Å². The molecular formula is C58H48Cl2N8Na2O8. The second-order valence-electron chi connectivity index (χ2n) is 17.8. The molecule has 0 fully saturated rings. The molecule has 0 atom stereocenters. The molecule has 20 heteroatoms. The van der Waals surface area contributed by atoms with Gasteiger partial charge in [0.25, 0.3) is 0 Å². The fraction of sp³-hybridized carbons (Fsp3) is 0.172. The van der Waals surface area contributed by atoms with Gasteiger partial charge in [-0.15, -0.1) is 0 Å². The van der Waals surface area contributed by atoms with E-state index >= 15 is 0 Å². The van der Waals surface area contributed by atoms with Gasteiger partial charge in [0, 0.05) is 35.1 Å². The van der Waals surface area contributed by atoms with Gasteiger partial charge in [-0.3, -0.25) is 0 Å². The molecule has 384 valence electrons. The number of aromatic nitrogens is 8. The minimum atomic E-state index is -1.30. The van der Waals surface area contributed by atoms with Crippen LogP contribution in [0.25, 0.3) is 56.4 Å². The smallest absolute Gasteiger partial charge is 0.543 e. The van der Waals surface area contributed by atoms with Crippen molar-refractivity contribution in [1.82, 2.24) is 39.8 Å². The zero-order valence-electron chi connectivity index (χ0n) is 43.2. The van der Waals surface area contributed by atoms with Crippen molar-refractivity contribution in [3.63, 3.8) is 0 Å². The zero-order valence-corrected chi connectivity index (χ0v) is 48.7. The molecule has 16 nitrogen and oxygen atoms in total. The third-order valence-corrected chi connectivity index (χ3v) is 13.4. The maximum Gasteiger partial charge on any atom is 1.00 e. The van der Waals surface area contributed by atoms with E-state index < -0.39 is 23.5 Å². The normalized spacial score (nSPS) is 10.8. The second kappa shape index (κ2) is 27.1. The fourth-order valence-corrected chi connectivity index (χ4v) is 9.48. The second-order valence-corrected chi connectivity index (χ2v) is 18.6. The number of nitrogens with zero attached hydrogens (tertiary/aromatic N) is 6. The number of carbonyl (C=O) groups excluding carboxylic acids is 2. The van der Waals surface area contributed by atoms with Gasteiger partial charge in [0.1, 0.15) is 0 Å². The Morgan fingerprint density at radius 3 is 1.18 bits per heavy atom. The summed E-state index contributed by atoms with van der Waals surface area (Å²) in [6.07, 6.45) is 5.66. The molecule has 0 aliphatic carbocycles. The molecule has 4 aromatic heterocycles. The van der Waals surface area contributed by atoms with Crippen molar-refractivity contribution >= 4 is 35.1 Å². The molecule has 10 rings (SSSR count). The van der Waals surface area contributed by atoms with Crippen molar-refractivity contribution in [2.45, 2.75) is 65.2 Å². The van der Waals surface area contributed by atoms with Crippen LogP contribution in [0.4, 0.5) is 0 Å². The summed E-state index contributed by atoms with van der Waals surface area (Å²) >= 11 is 12.8. The van der Waals surface area contributed by atoms with Crippen LogP contribution in [-0.4, -0.2) is 51.8 Å². The van der Waals surface area contributed by atoms with E-state index in [0.29, 0.717) is 69.9 Å². The van der Waals surface area contributed by atoms with Gasteiger partial charge in [-0.1, -0.05) is 171 Å². The number of hydrogen-bond donors (Lipinski definition) is 2. The molecule has 0 saturated carbocycles. The number of carbonyl (C=O) groups is 2. The first-order valence-electron chi connectivity index (χ1n) is 24.5. The van der Waals surface area contributed by atoms with Crippen LogP contribution in [0.15, 0.2) is 164 Å². The Morgan fingerprint density at radius 1 is 0.513 bits per heavy atom. The number of aromatic amines is 2. The predicted molar refractivity (Wildman–Crippen MR) is 285 cm³/mol. The van der Waals surface area contributed by atoms with Gasteiger partial charge in [-0.25, -0.2) is 19.0 Å². The molecule has 0 unspecified atom stereocenters. The van der Waals surface area contributed by atoms with Crippen LogP contribution >= 0.6 is 23.2 Å². The van der Waals surface area contributed by atoms with Gasteiger partial charge >= 0.3 is 70.6 Å². The molecule has 0 aliphatic rings. The third-order valence-electron chi connectivity index (χ3n) is 12.7. The Kier molecular flexibility index (Phi) is 20.5. The first-order chi connectivity index (χ1) is 36.9. The molecule has 0 amide bonds. The number of aryl methyl sites for hydroxylation is 2. The van der Waals surface area contributed by atoms with Crippen LogP contribution in [-0.2, 0) is 25.7 Å². The SMILES string of the molecule is CCCCc1nn(-c2ccccc2Cl)c(C(=O)[O-])c1Cc1ccc(-c2ccccc2-c2nc(=O)o[nH]2)cc1.CCCCc1nn(-c2ccccc2Cl)c(C(=O)[O-])c1Cc1ccc(-c2ccccc2-c2nc(=O)o[nH]2)cc1.[Na+].[Na+]. The zero-order chi connectivity index (χ0) is 53.3. The molecule has 0 aliphatic heterocycles. The topological polar surface area (TPSA) is 234 Å². The summed E-state index contributed by atoms with van der Waals surface area (Å²) in [7, 11) is 0. The number of halogens is 2. The number of carboxylic acid groups (broad SMARTS) is 2. The number of H-pyrrole nitrogens is 2. The number of unbranched alkanes of at least 4 members (excludes halogenated alkanes) is 2. The molecule has 2 N–H and O–H groups in total. The standard InChI is InChI=1S/2C29H25ClN4O4.2Na/c2*1-2-3-11-24-22(26(28(35)36)34(32-24)25-12-7-6-10-23(25)30)17-18-13-15-19(16-14-18)20-8-4-5-9-21(20)27-31-29(37)38-33-27;;/h2*4-10,12-16H,2-3,11,17H2,1H3,(H,35,36)(H,31,33,37);;/q;;2*+1/p-2. The molecule has 0 spiro atoms. The van der Waals surface area contributed by atoms with E-state index in [1.54, 1.807) is 48.5 Å². The molecule has 0 saturated heterocycles. The largest absolute Gasteiger partial charge is 1.00 e. The van der Waals surface area contributed by atoms with E-state index in [9.17, 15) is 29.4 Å². The van der Waals surface area contributed by atoms with E-state index in [2.05, 4.69) is 44.3 Å². The van der Waals surface area contributed by atoms with Gasteiger partial charge in [-0.05, 0) is 83.3 Å². The van der Waals surface area contributed by atoms with Crippen molar-refractivity contribution in [1.29, 1.82) is 0 Å². The van der Waals surface area contributed by atoms with E-state index in [4.69, 9.17) is 32.2 Å². The molecular weight excluding hydrogens is 1050 g/mol. The molecule has 10 aromatic rings. The Labute approximate surface area is 502 Å². The van der Waals surface area contributed by atoms with E-state index in [1.165, 1.54) is 9.36 Å². The van der Waals surface area contributed by atoms with Gasteiger partial charge in [0.15, 0.2) is 11.6 Å². The number of para-hydroxylation sites is 2. The summed E-state index contributed by atoms with van der Waals surface area (Å²) in [4.78, 5) is 55.4. The Morgan fingerprint density at radius 2 is 0.859 bits per heavy atom. The molecule has 4 heterocycles. The Balaban J connectivity index is 0.000000220. The average molecular weight is 1100 g/mol. The summed E-state index contributed by atoms with van der Waals surface area (Å²) in [5, 5.41) is 40.0. The van der Waals surface area contributed by atoms with Crippen LogP contribution in [0.5, 0.6) is 0 Å². The van der Waals surface area contributed by atoms with Crippen LogP contribution < -0.4 is 80.8 Å². The van der Waals surface area contributed by atoms with Crippen molar-refractivity contribution in [2.24, 2.45) is 0 Å². The van der Waals surface area contributed by atoms with Gasteiger partial charge in [0.2, 0.25) is 0 Å². The number of aromatic carboxylic acids is 2. The molecule has 0 radical (unpaired) electrons. The van der Waals surface area contributed by atoms with Crippen LogP contribution in [0, 0.1) is 0 Å². The van der Waals surface area contributed by atoms with E-state index in [-0.39, 0.29) is 70.5 Å². The quantitative estimate of drug-likeness (QED) is 0.117. The molecule has 6 aromatic carbocycles. The first-order valence-corrected chi connectivity index (χ1v) is 25.3. The average Bonchev–Trinajstić information content (AvgIpc) is 4.28. The maximum atomic E-state index is 12.4. The number of hydrogen-bond acceptors (Lipinski definition) is 12. The van der Waals surface area contributed by atoms with Crippen LogP contribution in [0.2, 0.25) is 10.0 Å². The summed E-state index contributed by atoms with van der Waals surface area (Å²) in [6.45, 7) is 4.16. The van der Waals surface area contributed by atoms with E-state index in [1.807, 2.05) is 97.1 Å². The minimum Gasteiger partial charge on any atom is -0.543 e. The van der Waals surface area contributed by atoms with Crippen LogP contribution in [0.3, 0.4) is 0 Å². The minimum absolute atomic E-state index is 0. The first kappa shape index (κ1) is 58.8. The third kappa shape index (κ3) is 13.3. The van der Waals surface area contributed by atoms with Crippen molar-refractivity contribution in [3.8, 4) is 56.4 Å². The number of nitrogens with one attached hydrogen (secondary N) is 2. The number of benzene rings is 6. The predicted octanol–water partition coefficient (Wildman–Crippen LogP) is 3.67. The Bertz CT molecular complexity index is 3560. The van der Waals surface area contributed by atoms with Crippen molar-refractivity contribution < 1.29 is 88.0 Å². The van der Waals surface area contributed by atoms with Gasteiger partial charge < -0.3 is 28.8 Å². The summed E-state index contributed by atoms with van der Waals surface area (Å²) < 4.78 is 12.3. The summed E-state index contributed by atoms with van der Waals surface area (Å²) in [5.74, 6) is -3.29. The van der Waals surface area contributed by atoms with E-state index in [0.717, 1.165) is 81.6 Å². The number of rotatable bonds is 18.